The number of para-hydroxylation sites is 1. The number of hydrogen-bond acceptors (Lipinski definition) is 14. The van der Waals surface area contributed by atoms with Gasteiger partial charge in [0, 0.05) is 62.4 Å². The van der Waals surface area contributed by atoms with Crippen LogP contribution < -0.4 is 16.0 Å². The average molecular weight is 982 g/mol. The third-order valence-electron chi connectivity index (χ3n) is 12.0. The molecular formula is C55H48FN9O8. The van der Waals surface area contributed by atoms with Crippen molar-refractivity contribution in [2.75, 3.05) is 11.4 Å². The van der Waals surface area contributed by atoms with Crippen molar-refractivity contribution in [3.05, 3.63) is 200 Å². The summed E-state index contributed by atoms with van der Waals surface area (Å²) in [7, 11) is 3.09. The van der Waals surface area contributed by atoms with E-state index in [1.54, 1.807) is 61.8 Å². The molecule has 0 spiro atoms. The first-order chi connectivity index (χ1) is 35.2. The molecule has 0 aliphatic heterocycles. The van der Waals surface area contributed by atoms with Crippen LogP contribution in [0.25, 0.3) is 44.6 Å². The van der Waals surface area contributed by atoms with Crippen molar-refractivity contribution in [3.63, 3.8) is 0 Å². The lowest BCUT2D eigenvalue weighted by Gasteiger charge is -2.21. The van der Waals surface area contributed by atoms with Crippen LogP contribution in [-0.2, 0) is 26.9 Å². The number of benzene rings is 3. The molecule has 0 unspecified atom stereocenters. The van der Waals surface area contributed by atoms with Gasteiger partial charge in [-0.25, -0.2) is 9.37 Å². The molecule has 0 aliphatic rings. The van der Waals surface area contributed by atoms with Gasteiger partial charge in [-0.15, -0.1) is 10.2 Å². The lowest BCUT2D eigenvalue weighted by atomic mass is 10.0. The Hall–Kier alpha value is -9.45. The van der Waals surface area contributed by atoms with Gasteiger partial charge >= 0.3 is 0 Å². The summed E-state index contributed by atoms with van der Waals surface area (Å²) < 4.78 is 21.2. The highest BCUT2D eigenvalue weighted by molar-refractivity contribution is 6.10. The van der Waals surface area contributed by atoms with Crippen molar-refractivity contribution < 1.29 is 33.7 Å². The Morgan fingerprint density at radius 1 is 0.658 bits per heavy atom. The van der Waals surface area contributed by atoms with E-state index in [4.69, 9.17) is 4.42 Å². The number of aromatic hydroxyl groups is 3. The van der Waals surface area contributed by atoms with Gasteiger partial charge < -0.3 is 33.8 Å². The minimum absolute atomic E-state index is 0.0345. The van der Waals surface area contributed by atoms with Crippen LogP contribution in [0.2, 0.25) is 0 Å². The van der Waals surface area contributed by atoms with Gasteiger partial charge in [-0.1, -0.05) is 60.2 Å². The summed E-state index contributed by atoms with van der Waals surface area (Å²) in [6.45, 7) is 6.08. The Balaban J connectivity index is 0.000000146. The summed E-state index contributed by atoms with van der Waals surface area (Å²) >= 11 is 0. The number of hydrogen-bond donors (Lipinski definition) is 3. The zero-order valence-electron chi connectivity index (χ0n) is 40.3. The second-order valence-corrected chi connectivity index (χ2v) is 16.8. The molecule has 0 atom stereocenters. The smallest absolute Gasteiger partial charge is 0.270 e. The molecule has 7 aromatic heterocycles. The van der Waals surface area contributed by atoms with Crippen molar-refractivity contribution in [1.29, 1.82) is 0 Å². The van der Waals surface area contributed by atoms with Crippen molar-refractivity contribution >= 4 is 50.3 Å². The summed E-state index contributed by atoms with van der Waals surface area (Å²) in [6.07, 6.45) is 5.53. The van der Waals surface area contributed by atoms with Gasteiger partial charge in [0.15, 0.2) is 28.7 Å². The summed E-state index contributed by atoms with van der Waals surface area (Å²) in [6, 6.07) is 33.3. The predicted molar refractivity (Wildman–Crippen MR) is 273 cm³/mol. The van der Waals surface area contributed by atoms with Crippen molar-refractivity contribution in [2.45, 2.75) is 40.0 Å². The van der Waals surface area contributed by atoms with Gasteiger partial charge in [0.1, 0.15) is 33.5 Å². The van der Waals surface area contributed by atoms with E-state index in [0.29, 0.717) is 47.5 Å². The van der Waals surface area contributed by atoms with Crippen LogP contribution in [0.4, 0.5) is 10.1 Å². The quantitative estimate of drug-likeness (QED) is 0.109. The van der Waals surface area contributed by atoms with E-state index in [-0.39, 0.29) is 57.5 Å². The monoisotopic (exact) mass is 981 g/mol. The van der Waals surface area contributed by atoms with E-state index in [1.165, 1.54) is 51.2 Å². The van der Waals surface area contributed by atoms with Gasteiger partial charge in [-0.2, -0.15) is 0 Å². The SMILES string of the molecule is CCN(C(=O)c1c(O)c2ncccc2n(C)c1=O)c1ccccc1.Cc1ccc(Cc2nnc(-c3nc(C)c4cccnc4c3O)o2)cc1.Cn1c(=O)c(C(=O)CCc2ccc(F)cc2)c(O)c2ncccc21. The molecule has 0 saturated heterocycles. The summed E-state index contributed by atoms with van der Waals surface area (Å²) in [5, 5.41) is 40.2. The van der Waals surface area contributed by atoms with Crippen molar-refractivity contribution in [1.82, 2.24) is 39.3 Å². The standard InChI is InChI=1S/C19H16N4O2.C18H15FN2O3.C18H17N3O3/c1-11-5-7-13(8-6-11)10-15-22-23-19(25-15)17-18(24)16-14(12(2)21-17)4-3-9-20-16;1-21-13-3-2-10-20-16(13)17(23)15(18(21)24)14(22)9-6-11-4-7-12(19)8-5-11;1-3-21(12-8-5-4-6-9-12)18(24)14-16(22)15-13(10-7-11-19-15)20(2)17(14)23/h3-9,24H,10H2,1-2H3;2-5,7-8,10,23H,6,9H2,1H3;4-11,22H,3H2,1-2H3. The molecule has 3 N–H and O–H groups in total. The average Bonchev–Trinajstić information content (AvgIpc) is 3.88. The first-order valence-corrected chi connectivity index (χ1v) is 23.0. The fourth-order valence-electron chi connectivity index (χ4n) is 8.09. The number of aromatic nitrogens is 8. The molecule has 3 aromatic carbocycles. The second-order valence-electron chi connectivity index (χ2n) is 16.8. The van der Waals surface area contributed by atoms with Crippen LogP contribution in [0.3, 0.4) is 0 Å². The number of amides is 1. The highest BCUT2D eigenvalue weighted by Gasteiger charge is 2.27. The third kappa shape index (κ3) is 10.5. The number of aryl methyl sites for hydroxylation is 5. The molecule has 10 aromatic rings. The zero-order chi connectivity index (χ0) is 51.9. The summed E-state index contributed by atoms with van der Waals surface area (Å²) in [5.74, 6) is -1.52. The topological polar surface area (TPSA) is 233 Å². The number of fused-ring (bicyclic) bond motifs is 3. The third-order valence-corrected chi connectivity index (χ3v) is 12.0. The molecule has 1 amide bonds. The van der Waals surface area contributed by atoms with Crippen molar-refractivity contribution in [2.24, 2.45) is 14.1 Å². The number of halogens is 1. The Morgan fingerprint density at radius 3 is 1.84 bits per heavy atom. The Labute approximate surface area is 416 Å². The molecule has 368 valence electrons. The first-order valence-electron chi connectivity index (χ1n) is 23.0. The van der Waals surface area contributed by atoms with E-state index in [0.717, 1.165) is 22.2 Å². The highest BCUT2D eigenvalue weighted by Crippen LogP contribution is 2.34. The highest BCUT2D eigenvalue weighted by atomic mass is 19.1. The number of Topliss-reactive ketones (excluding diaryl/α,β-unsaturated/α-hetero) is 1. The maximum atomic E-state index is 12.9. The largest absolute Gasteiger partial charge is 0.505 e. The normalized spacial score (nSPS) is 10.9. The molecule has 0 saturated carbocycles. The molecule has 7 heterocycles. The fourth-order valence-corrected chi connectivity index (χ4v) is 8.09. The maximum absolute atomic E-state index is 12.9. The van der Waals surface area contributed by atoms with Crippen LogP contribution in [0, 0.1) is 19.7 Å². The minimum atomic E-state index is -0.558. The minimum Gasteiger partial charge on any atom is -0.505 e. The van der Waals surface area contributed by atoms with E-state index < -0.39 is 28.6 Å². The molecule has 0 aliphatic carbocycles. The van der Waals surface area contributed by atoms with Gasteiger partial charge in [-0.05, 0) is 99.0 Å². The molecular weight excluding hydrogens is 934 g/mol. The molecule has 0 bridgehead atoms. The number of nitrogens with zero attached hydrogens (tertiary/aromatic N) is 9. The lowest BCUT2D eigenvalue weighted by Crippen LogP contribution is -2.36. The van der Waals surface area contributed by atoms with Gasteiger partial charge in [0.2, 0.25) is 5.89 Å². The van der Waals surface area contributed by atoms with E-state index >= 15 is 0 Å². The molecule has 17 nitrogen and oxygen atoms in total. The molecule has 0 fully saturated rings. The van der Waals surface area contributed by atoms with Crippen LogP contribution in [0.5, 0.6) is 17.2 Å². The van der Waals surface area contributed by atoms with Gasteiger partial charge in [0.05, 0.1) is 17.5 Å². The summed E-state index contributed by atoms with van der Waals surface area (Å²) in [5.41, 5.74) is 4.92. The fraction of sp³-hybridized carbons (Fsp3) is 0.164. The maximum Gasteiger partial charge on any atom is 0.270 e. The second kappa shape index (κ2) is 21.7. The van der Waals surface area contributed by atoms with Crippen LogP contribution in [0.1, 0.15) is 62.3 Å². The summed E-state index contributed by atoms with van der Waals surface area (Å²) in [4.78, 5) is 68.7. The van der Waals surface area contributed by atoms with Crippen LogP contribution >= 0.6 is 0 Å². The number of pyridine rings is 6. The molecule has 10 rings (SSSR count). The Kier molecular flexibility index (Phi) is 14.8. The lowest BCUT2D eigenvalue weighted by molar-refractivity contribution is 0.0972. The molecule has 0 radical (unpaired) electrons. The van der Waals surface area contributed by atoms with E-state index in [2.05, 4.69) is 30.1 Å². The number of rotatable bonds is 10. The van der Waals surface area contributed by atoms with E-state index in [1.807, 2.05) is 75.4 Å². The van der Waals surface area contributed by atoms with Gasteiger partial charge in [0.25, 0.3) is 22.9 Å². The number of carbonyl (C=O) groups excluding carboxylic acids is 2. The number of anilines is 1. The van der Waals surface area contributed by atoms with E-state index in [9.17, 15) is 38.9 Å². The Morgan fingerprint density at radius 2 is 1.22 bits per heavy atom. The first kappa shape index (κ1) is 50.0. The zero-order valence-corrected chi connectivity index (χ0v) is 40.3. The van der Waals surface area contributed by atoms with Crippen LogP contribution in [-0.4, -0.2) is 72.8 Å². The van der Waals surface area contributed by atoms with Crippen molar-refractivity contribution in [3.8, 4) is 28.8 Å². The number of carbonyl (C=O) groups is 2. The Bertz CT molecular complexity index is 3790. The number of ketones is 1. The van der Waals surface area contributed by atoms with Gasteiger partial charge in [-0.3, -0.25) is 34.1 Å². The molecule has 18 heteroatoms. The molecule has 73 heavy (non-hydrogen) atoms. The van der Waals surface area contributed by atoms with Crippen LogP contribution in [0.15, 0.2) is 148 Å². The predicted octanol–water partition coefficient (Wildman–Crippen LogP) is 8.49.